The molecule has 2 atom stereocenters. The van der Waals surface area contributed by atoms with E-state index in [0.29, 0.717) is 11.8 Å². The lowest BCUT2D eigenvalue weighted by Gasteiger charge is -2.35. The number of rotatable bonds is 2. The largest absolute Gasteiger partial charge is 0.508 e. The van der Waals surface area contributed by atoms with Gasteiger partial charge >= 0.3 is 0 Å². The molecular weight excluding hydrogens is 246 g/mol. The number of phenolic OH excluding ortho intramolecular Hbond substituents is 1. The molecule has 1 fully saturated rings. The van der Waals surface area contributed by atoms with Gasteiger partial charge in [-0.3, -0.25) is 4.90 Å². The molecule has 2 heteroatoms. The summed E-state index contributed by atoms with van der Waals surface area (Å²) >= 11 is 0. The monoisotopic (exact) mass is 273 g/mol. The van der Waals surface area contributed by atoms with Gasteiger partial charge in [-0.15, -0.1) is 0 Å². The van der Waals surface area contributed by atoms with E-state index in [-0.39, 0.29) is 0 Å². The summed E-state index contributed by atoms with van der Waals surface area (Å²) in [5.74, 6) is 1.43. The molecule has 1 aromatic rings. The predicted molar refractivity (Wildman–Crippen MR) is 83.0 cm³/mol. The molecule has 2 unspecified atom stereocenters. The summed E-state index contributed by atoms with van der Waals surface area (Å²) < 4.78 is 0. The summed E-state index contributed by atoms with van der Waals surface area (Å²) in [4.78, 5) is 2.69. The highest BCUT2D eigenvalue weighted by Gasteiger charge is 2.28. The molecule has 1 saturated heterocycles. The van der Waals surface area contributed by atoms with Crippen LogP contribution < -0.4 is 0 Å². The molecule has 1 aromatic carbocycles. The van der Waals surface area contributed by atoms with Crippen molar-refractivity contribution in [1.82, 2.24) is 4.90 Å². The first-order valence-electron chi connectivity index (χ1n) is 8.34. The summed E-state index contributed by atoms with van der Waals surface area (Å²) in [7, 11) is 0. The maximum absolute atomic E-state index is 10.1. The maximum atomic E-state index is 10.1. The van der Waals surface area contributed by atoms with Gasteiger partial charge in [-0.05, 0) is 74.7 Å². The average molecular weight is 273 g/mol. The molecule has 1 aliphatic heterocycles. The van der Waals surface area contributed by atoms with E-state index < -0.39 is 0 Å². The SMILES string of the molecule is CCC1CCCN(C2CCCc3c(O)cccc32)CC1. The van der Waals surface area contributed by atoms with Crippen LogP contribution in [0.4, 0.5) is 0 Å². The van der Waals surface area contributed by atoms with E-state index in [1.54, 1.807) is 0 Å². The second-order valence-electron chi connectivity index (χ2n) is 6.49. The zero-order valence-electron chi connectivity index (χ0n) is 12.6. The summed E-state index contributed by atoms with van der Waals surface area (Å²) in [6.45, 7) is 4.79. The number of fused-ring (bicyclic) bond motifs is 1. The summed E-state index contributed by atoms with van der Waals surface area (Å²) in [6.07, 6.45) is 8.92. The van der Waals surface area contributed by atoms with Gasteiger partial charge in [0.15, 0.2) is 0 Å². The van der Waals surface area contributed by atoms with Crippen molar-refractivity contribution in [2.24, 2.45) is 5.92 Å². The van der Waals surface area contributed by atoms with Crippen LogP contribution in [0.15, 0.2) is 18.2 Å². The van der Waals surface area contributed by atoms with Crippen molar-refractivity contribution in [3.63, 3.8) is 0 Å². The van der Waals surface area contributed by atoms with E-state index in [1.165, 1.54) is 62.7 Å². The van der Waals surface area contributed by atoms with Crippen LogP contribution in [0, 0.1) is 5.92 Å². The molecule has 1 N–H and O–H groups in total. The van der Waals surface area contributed by atoms with Gasteiger partial charge in [0.2, 0.25) is 0 Å². The minimum Gasteiger partial charge on any atom is -0.508 e. The Hall–Kier alpha value is -1.02. The number of hydrogen-bond acceptors (Lipinski definition) is 2. The Morgan fingerprint density at radius 3 is 2.90 bits per heavy atom. The molecule has 0 amide bonds. The lowest BCUT2D eigenvalue weighted by molar-refractivity contribution is 0.182. The fourth-order valence-corrected chi connectivity index (χ4v) is 4.09. The molecule has 0 bridgehead atoms. The van der Waals surface area contributed by atoms with Crippen molar-refractivity contribution in [2.45, 2.75) is 57.9 Å². The topological polar surface area (TPSA) is 23.5 Å². The van der Waals surface area contributed by atoms with Gasteiger partial charge in [-0.1, -0.05) is 25.5 Å². The van der Waals surface area contributed by atoms with Crippen LogP contribution in [-0.2, 0) is 6.42 Å². The Balaban J connectivity index is 1.80. The van der Waals surface area contributed by atoms with Crippen LogP contribution >= 0.6 is 0 Å². The predicted octanol–water partition coefficient (Wildman–Crippen LogP) is 4.28. The molecule has 110 valence electrons. The van der Waals surface area contributed by atoms with Crippen molar-refractivity contribution in [2.75, 3.05) is 13.1 Å². The van der Waals surface area contributed by atoms with Gasteiger partial charge in [0.25, 0.3) is 0 Å². The molecule has 0 spiro atoms. The zero-order valence-corrected chi connectivity index (χ0v) is 12.6. The first-order chi connectivity index (χ1) is 9.79. The van der Waals surface area contributed by atoms with E-state index in [9.17, 15) is 5.11 Å². The molecule has 2 nitrogen and oxygen atoms in total. The third-order valence-corrected chi connectivity index (χ3v) is 5.35. The fraction of sp³-hybridized carbons (Fsp3) is 0.667. The Bertz CT molecular complexity index is 457. The van der Waals surface area contributed by atoms with E-state index in [0.717, 1.165) is 12.3 Å². The Morgan fingerprint density at radius 2 is 2.05 bits per heavy atom. The molecule has 1 aliphatic carbocycles. The summed E-state index contributed by atoms with van der Waals surface area (Å²) in [6, 6.07) is 6.64. The minimum atomic E-state index is 0.508. The van der Waals surface area contributed by atoms with Crippen molar-refractivity contribution in [3.8, 4) is 5.75 Å². The maximum Gasteiger partial charge on any atom is 0.119 e. The van der Waals surface area contributed by atoms with E-state index >= 15 is 0 Å². The third kappa shape index (κ3) is 2.71. The normalized spacial score (nSPS) is 27.9. The van der Waals surface area contributed by atoms with Gasteiger partial charge in [0, 0.05) is 6.04 Å². The highest BCUT2D eigenvalue weighted by Crippen LogP contribution is 2.39. The van der Waals surface area contributed by atoms with Crippen LogP contribution in [0.2, 0.25) is 0 Å². The van der Waals surface area contributed by atoms with Crippen LogP contribution in [0.5, 0.6) is 5.75 Å². The van der Waals surface area contributed by atoms with Gasteiger partial charge < -0.3 is 5.11 Å². The number of hydrogen-bond donors (Lipinski definition) is 1. The molecule has 20 heavy (non-hydrogen) atoms. The molecule has 0 aromatic heterocycles. The Labute approximate surface area is 122 Å². The Kier molecular flexibility index (Phi) is 4.30. The quantitative estimate of drug-likeness (QED) is 0.869. The number of benzene rings is 1. The number of phenols is 1. The van der Waals surface area contributed by atoms with Crippen LogP contribution in [-0.4, -0.2) is 23.1 Å². The highest BCUT2D eigenvalue weighted by molar-refractivity contribution is 5.42. The standard InChI is InChI=1S/C18H27NO/c1-2-14-6-5-12-19(13-11-14)17-9-3-8-16-15(17)7-4-10-18(16)20/h4,7,10,14,17,20H,2-3,5-6,8-9,11-13H2,1H3. The van der Waals surface area contributed by atoms with Gasteiger partial charge in [-0.2, -0.15) is 0 Å². The van der Waals surface area contributed by atoms with Crippen molar-refractivity contribution < 1.29 is 5.11 Å². The first-order valence-corrected chi connectivity index (χ1v) is 8.34. The van der Waals surface area contributed by atoms with E-state index in [1.807, 2.05) is 12.1 Å². The second kappa shape index (κ2) is 6.17. The zero-order chi connectivity index (χ0) is 13.9. The van der Waals surface area contributed by atoms with Crippen LogP contribution in [0.3, 0.4) is 0 Å². The molecule has 2 aliphatic rings. The van der Waals surface area contributed by atoms with Gasteiger partial charge in [0.1, 0.15) is 5.75 Å². The van der Waals surface area contributed by atoms with Crippen LogP contribution in [0.1, 0.15) is 62.6 Å². The average Bonchev–Trinajstić information content (AvgIpc) is 2.72. The molecular formula is C18H27NO. The Morgan fingerprint density at radius 1 is 1.15 bits per heavy atom. The molecule has 0 saturated carbocycles. The van der Waals surface area contributed by atoms with Crippen molar-refractivity contribution in [3.05, 3.63) is 29.3 Å². The minimum absolute atomic E-state index is 0.508. The van der Waals surface area contributed by atoms with Crippen molar-refractivity contribution >= 4 is 0 Å². The first kappa shape index (κ1) is 13.9. The smallest absolute Gasteiger partial charge is 0.119 e. The van der Waals surface area contributed by atoms with Crippen molar-refractivity contribution in [1.29, 1.82) is 0 Å². The number of aromatic hydroxyl groups is 1. The molecule has 0 radical (unpaired) electrons. The van der Waals surface area contributed by atoms with Crippen LogP contribution in [0.25, 0.3) is 0 Å². The number of nitrogens with zero attached hydrogens (tertiary/aromatic N) is 1. The molecule has 3 rings (SSSR count). The number of likely N-dealkylation sites (tertiary alicyclic amines) is 1. The fourth-order valence-electron chi connectivity index (χ4n) is 4.09. The van der Waals surface area contributed by atoms with Gasteiger partial charge in [-0.25, -0.2) is 0 Å². The lowest BCUT2D eigenvalue weighted by atomic mass is 9.86. The third-order valence-electron chi connectivity index (χ3n) is 5.35. The summed E-state index contributed by atoms with van der Waals surface area (Å²) in [5.41, 5.74) is 2.60. The molecule has 1 heterocycles. The van der Waals surface area contributed by atoms with Gasteiger partial charge in [0.05, 0.1) is 0 Å². The highest BCUT2D eigenvalue weighted by atomic mass is 16.3. The summed E-state index contributed by atoms with van der Waals surface area (Å²) in [5, 5.41) is 10.1. The second-order valence-corrected chi connectivity index (χ2v) is 6.49. The lowest BCUT2D eigenvalue weighted by Crippen LogP contribution is -2.32. The van der Waals surface area contributed by atoms with E-state index in [2.05, 4.69) is 17.9 Å². The van der Waals surface area contributed by atoms with E-state index in [4.69, 9.17) is 0 Å².